The molecule has 1 amide bonds. The first-order valence-corrected chi connectivity index (χ1v) is 8.24. The van der Waals surface area contributed by atoms with Crippen molar-refractivity contribution in [3.63, 3.8) is 0 Å². The number of methoxy groups -OCH3 is 1. The van der Waals surface area contributed by atoms with Gasteiger partial charge in [0, 0.05) is 19.7 Å². The third-order valence-corrected chi connectivity index (χ3v) is 4.38. The lowest BCUT2D eigenvalue weighted by molar-refractivity contribution is -0.123. The number of nitrogens with zero attached hydrogens (tertiary/aromatic N) is 1. The molecule has 0 spiro atoms. The molecule has 1 saturated heterocycles. The van der Waals surface area contributed by atoms with E-state index >= 15 is 0 Å². The van der Waals surface area contributed by atoms with Gasteiger partial charge in [0.25, 0.3) is 0 Å². The Hall–Kier alpha value is -0.650. The van der Waals surface area contributed by atoms with Crippen molar-refractivity contribution in [2.45, 2.75) is 39.7 Å². The summed E-state index contributed by atoms with van der Waals surface area (Å²) in [6.45, 7) is 11.7. The predicted molar refractivity (Wildman–Crippen MR) is 86.4 cm³/mol. The molecular formula is C16H33N3O2. The van der Waals surface area contributed by atoms with Gasteiger partial charge in [0.1, 0.15) is 0 Å². The maximum absolute atomic E-state index is 12.0. The van der Waals surface area contributed by atoms with Crippen LogP contribution in [0.5, 0.6) is 0 Å². The maximum Gasteiger partial charge on any atom is 0.234 e. The number of ether oxygens (including phenoxy) is 1. The number of likely N-dealkylation sites (tertiary alicyclic amines) is 1. The Kier molecular flexibility index (Phi) is 8.88. The van der Waals surface area contributed by atoms with Gasteiger partial charge in [-0.2, -0.15) is 0 Å². The van der Waals surface area contributed by atoms with Gasteiger partial charge in [-0.15, -0.1) is 0 Å². The summed E-state index contributed by atoms with van der Waals surface area (Å²) >= 11 is 0. The van der Waals surface area contributed by atoms with Crippen LogP contribution in [0.1, 0.15) is 33.6 Å². The van der Waals surface area contributed by atoms with Crippen LogP contribution in [0.4, 0.5) is 0 Å². The Morgan fingerprint density at radius 1 is 1.29 bits per heavy atom. The van der Waals surface area contributed by atoms with Crippen molar-refractivity contribution in [2.75, 3.05) is 46.4 Å². The fraction of sp³-hybridized carbons (Fsp3) is 0.938. The first-order valence-electron chi connectivity index (χ1n) is 8.24. The molecule has 0 aromatic carbocycles. The van der Waals surface area contributed by atoms with E-state index in [0.717, 1.165) is 38.7 Å². The van der Waals surface area contributed by atoms with Crippen molar-refractivity contribution in [3.05, 3.63) is 0 Å². The molecule has 1 atom stereocenters. The van der Waals surface area contributed by atoms with E-state index in [0.29, 0.717) is 12.5 Å². The molecule has 5 heteroatoms. The van der Waals surface area contributed by atoms with Crippen LogP contribution in [-0.4, -0.2) is 63.3 Å². The van der Waals surface area contributed by atoms with Gasteiger partial charge in [-0.25, -0.2) is 0 Å². The summed E-state index contributed by atoms with van der Waals surface area (Å²) in [6.07, 6.45) is 2.35. The largest absolute Gasteiger partial charge is 0.383 e. The van der Waals surface area contributed by atoms with Gasteiger partial charge in [-0.05, 0) is 51.2 Å². The highest BCUT2D eigenvalue weighted by molar-refractivity contribution is 5.78. The molecule has 0 aromatic rings. The van der Waals surface area contributed by atoms with Crippen LogP contribution in [0, 0.1) is 11.8 Å². The quantitative estimate of drug-likeness (QED) is 0.626. The van der Waals surface area contributed by atoms with Crippen molar-refractivity contribution in [2.24, 2.45) is 11.8 Å². The molecule has 0 aromatic heterocycles. The van der Waals surface area contributed by atoms with Crippen LogP contribution in [0.15, 0.2) is 0 Å². The zero-order valence-electron chi connectivity index (χ0n) is 14.2. The van der Waals surface area contributed by atoms with Crippen LogP contribution in [0.2, 0.25) is 0 Å². The van der Waals surface area contributed by atoms with Gasteiger partial charge in [0.15, 0.2) is 0 Å². The zero-order chi connectivity index (χ0) is 15.7. The number of amides is 1. The van der Waals surface area contributed by atoms with Gasteiger partial charge in [0.05, 0.1) is 13.2 Å². The predicted octanol–water partition coefficient (Wildman–Crippen LogP) is 1.10. The number of hydrogen-bond acceptors (Lipinski definition) is 4. The SMILES string of the molecule is COCCNCC1CCN(CC(=O)NC(C)C(C)C)CC1. The Morgan fingerprint density at radius 2 is 1.95 bits per heavy atom. The molecule has 124 valence electrons. The summed E-state index contributed by atoms with van der Waals surface area (Å²) in [7, 11) is 1.73. The fourth-order valence-electron chi connectivity index (χ4n) is 2.50. The highest BCUT2D eigenvalue weighted by Crippen LogP contribution is 2.16. The first-order chi connectivity index (χ1) is 10.0. The second-order valence-corrected chi connectivity index (χ2v) is 6.52. The topological polar surface area (TPSA) is 53.6 Å². The van der Waals surface area contributed by atoms with Gasteiger partial charge in [-0.1, -0.05) is 13.8 Å². The molecule has 0 bridgehead atoms. The molecular weight excluding hydrogens is 266 g/mol. The van der Waals surface area contributed by atoms with Gasteiger partial charge >= 0.3 is 0 Å². The minimum atomic E-state index is 0.160. The molecule has 1 aliphatic rings. The lowest BCUT2D eigenvalue weighted by Crippen LogP contribution is -2.46. The molecule has 5 nitrogen and oxygen atoms in total. The normalized spacial score (nSPS) is 18.9. The van der Waals surface area contributed by atoms with Crippen molar-refractivity contribution in [1.29, 1.82) is 0 Å². The van der Waals surface area contributed by atoms with E-state index in [1.165, 1.54) is 12.8 Å². The van der Waals surface area contributed by atoms with Crippen molar-refractivity contribution in [1.82, 2.24) is 15.5 Å². The summed E-state index contributed by atoms with van der Waals surface area (Å²) in [6, 6.07) is 0.250. The Balaban J connectivity index is 2.14. The minimum Gasteiger partial charge on any atom is -0.383 e. The monoisotopic (exact) mass is 299 g/mol. The molecule has 0 radical (unpaired) electrons. The number of hydrogen-bond donors (Lipinski definition) is 2. The average molecular weight is 299 g/mol. The van der Waals surface area contributed by atoms with Crippen molar-refractivity contribution >= 4 is 5.91 Å². The lowest BCUT2D eigenvalue weighted by Gasteiger charge is -2.32. The molecule has 1 heterocycles. The second kappa shape index (κ2) is 10.1. The Morgan fingerprint density at radius 3 is 2.52 bits per heavy atom. The van der Waals surface area contributed by atoms with E-state index in [4.69, 9.17) is 4.74 Å². The summed E-state index contributed by atoms with van der Waals surface area (Å²) in [4.78, 5) is 14.2. The number of rotatable bonds is 9. The molecule has 0 aliphatic carbocycles. The summed E-state index contributed by atoms with van der Waals surface area (Å²) in [5.74, 6) is 1.38. The van der Waals surface area contributed by atoms with E-state index in [2.05, 4.69) is 36.3 Å². The smallest absolute Gasteiger partial charge is 0.234 e. The molecule has 2 N–H and O–H groups in total. The molecule has 21 heavy (non-hydrogen) atoms. The zero-order valence-corrected chi connectivity index (χ0v) is 14.2. The first kappa shape index (κ1) is 18.4. The fourth-order valence-corrected chi connectivity index (χ4v) is 2.50. The van der Waals surface area contributed by atoms with Gasteiger partial charge < -0.3 is 15.4 Å². The number of nitrogens with one attached hydrogen (secondary N) is 2. The van der Waals surface area contributed by atoms with E-state index < -0.39 is 0 Å². The van der Waals surface area contributed by atoms with E-state index in [-0.39, 0.29) is 11.9 Å². The van der Waals surface area contributed by atoms with Crippen LogP contribution in [0.3, 0.4) is 0 Å². The molecule has 1 fully saturated rings. The van der Waals surface area contributed by atoms with Crippen LogP contribution >= 0.6 is 0 Å². The van der Waals surface area contributed by atoms with Crippen LogP contribution < -0.4 is 10.6 Å². The molecule has 1 rings (SSSR count). The Labute approximate surface area is 129 Å². The molecule has 1 aliphatic heterocycles. The summed E-state index contributed by atoms with van der Waals surface area (Å²) < 4.78 is 5.03. The summed E-state index contributed by atoms with van der Waals surface area (Å²) in [5.41, 5.74) is 0. The van der Waals surface area contributed by atoms with E-state index in [1.807, 2.05) is 0 Å². The van der Waals surface area contributed by atoms with Gasteiger partial charge in [-0.3, -0.25) is 9.69 Å². The van der Waals surface area contributed by atoms with Crippen molar-refractivity contribution < 1.29 is 9.53 Å². The lowest BCUT2D eigenvalue weighted by atomic mass is 9.97. The summed E-state index contributed by atoms with van der Waals surface area (Å²) in [5, 5.41) is 6.51. The highest BCUT2D eigenvalue weighted by atomic mass is 16.5. The van der Waals surface area contributed by atoms with Crippen LogP contribution in [0.25, 0.3) is 0 Å². The highest BCUT2D eigenvalue weighted by Gasteiger charge is 2.21. The minimum absolute atomic E-state index is 0.160. The third kappa shape index (κ3) is 7.79. The number of carbonyl (C=O) groups is 1. The van der Waals surface area contributed by atoms with Gasteiger partial charge in [0.2, 0.25) is 5.91 Å². The van der Waals surface area contributed by atoms with Crippen molar-refractivity contribution in [3.8, 4) is 0 Å². The third-order valence-electron chi connectivity index (χ3n) is 4.38. The molecule has 0 saturated carbocycles. The number of carbonyl (C=O) groups excluding carboxylic acids is 1. The standard InChI is InChI=1S/C16H33N3O2/c1-13(2)14(3)18-16(20)12-19-8-5-15(6-9-19)11-17-7-10-21-4/h13-15,17H,5-12H2,1-4H3,(H,18,20). The van der Waals surface area contributed by atoms with E-state index in [1.54, 1.807) is 7.11 Å². The van der Waals surface area contributed by atoms with Crippen LogP contribution in [-0.2, 0) is 9.53 Å². The Bertz CT molecular complexity index is 289. The number of piperidine rings is 1. The maximum atomic E-state index is 12.0. The average Bonchev–Trinajstić information content (AvgIpc) is 2.45. The molecule has 1 unspecified atom stereocenters. The second-order valence-electron chi connectivity index (χ2n) is 6.52. The van der Waals surface area contributed by atoms with E-state index in [9.17, 15) is 4.79 Å².